The smallest absolute Gasteiger partial charge is 0.00484 e. The van der Waals surface area contributed by atoms with Crippen LogP contribution in [0.1, 0.15) is 34.6 Å². The summed E-state index contributed by atoms with van der Waals surface area (Å²) in [5, 5.41) is 0. The lowest BCUT2D eigenvalue weighted by atomic mass is 9.99. The highest BCUT2D eigenvalue weighted by Gasteiger charge is 2.65. The fraction of sp³-hybridized carbons (Fsp3) is 1.00. The van der Waals surface area contributed by atoms with Crippen molar-refractivity contribution < 1.29 is 0 Å². The second kappa shape index (κ2) is 2.22. The van der Waals surface area contributed by atoms with Crippen LogP contribution in [0.4, 0.5) is 0 Å². The van der Waals surface area contributed by atoms with Gasteiger partial charge in [-0.05, 0) is 29.2 Å². The molecule has 1 aliphatic carbocycles. The second-order valence-electron chi connectivity index (χ2n) is 5.13. The van der Waals surface area contributed by atoms with Crippen molar-refractivity contribution in [3.8, 4) is 0 Å². The molecule has 1 saturated carbocycles. The average Bonchev–Trinajstić information content (AvgIpc) is 2.24. The summed E-state index contributed by atoms with van der Waals surface area (Å²) >= 11 is 0. The maximum absolute atomic E-state index is 5.66. The van der Waals surface area contributed by atoms with Gasteiger partial charge >= 0.3 is 0 Å². The van der Waals surface area contributed by atoms with Crippen molar-refractivity contribution >= 4 is 0 Å². The maximum atomic E-state index is 5.66. The predicted octanol–water partition coefficient (Wildman–Crippen LogP) is 2.26. The Balaban J connectivity index is 2.67. The van der Waals surface area contributed by atoms with Crippen LogP contribution in [0.5, 0.6) is 0 Å². The Kier molecular flexibility index (Phi) is 1.83. The van der Waals surface area contributed by atoms with Gasteiger partial charge in [0.05, 0.1) is 0 Å². The van der Waals surface area contributed by atoms with E-state index in [1.165, 1.54) is 0 Å². The van der Waals surface area contributed by atoms with E-state index in [4.69, 9.17) is 5.73 Å². The van der Waals surface area contributed by atoms with E-state index in [0.717, 1.165) is 12.5 Å². The van der Waals surface area contributed by atoms with E-state index in [1.807, 2.05) is 0 Å². The lowest BCUT2D eigenvalue weighted by Crippen LogP contribution is -2.15. The fourth-order valence-corrected chi connectivity index (χ4v) is 2.81. The molecule has 0 amide bonds. The molecule has 0 aromatic heterocycles. The number of rotatable bonds is 2. The molecule has 66 valence electrons. The molecular formula is C10H21N. The second-order valence-corrected chi connectivity index (χ2v) is 5.13. The summed E-state index contributed by atoms with van der Waals surface area (Å²) in [6.45, 7) is 12.5. The van der Waals surface area contributed by atoms with Crippen molar-refractivity contribution in [1.82, 2.24) is 0 Å². The molecule has 0 radical (unpaired) electrons. The van der Waals surface area contributed by atoms with Crippen molar-refractivity contribution in [2.45, 2.75) is 34.6 Å². The molecule has 1 fully saturated rings. The predicted molar refractivity (Wildman–Crippen MR) is 49.3 cm³/mol. The molecule has 1 heteroatoms. The first-order valence-corrected chi connectivity index (χ1v) is 4.55. The lowest BCUT2D eigenvalue weighted by molar-refractivity contribution is 0.425. The molecular weight excluding hydrogens is 134 g/mol. The van der Waals surface area contributed by atoms with Gasteiger partial charge in [0.25, 0.3) is 0 Å². The standard InChI is InChI=1S/C10H21N/c1-7(6-11)8-9(2,3)10(8,4)5/h7-8H,6,11H2,1-5H3/t7-/m0/s1. The largest absolute Gasteiger partial charge is 0.330 e. The van der Waals surface area contributed by atoms with E-state index < -0.39 is 0 Å². The van der Waals surface area contributed by atoms with E-state index in [9.17, 15) is 0 Å². The Labute approximate surface area is 70.4 Å². The lowest BCUT2D eigenvalue weighted by Gasteiger charge is -2.09. The summed E-state index contributed by atoms with van der Waals surface area (Å²) in [4.78, 5) is 0. The highest BCUT2D eigenvalue weighted by Crippen LogP contribution is 2.70. The SMILES string of the molecule is C[C@@H](CN)C1C(C)(C)C1(C)C. The van der Waals surface area contributed by atoms with E-state index in [2.05, 4.69) is 34.6 Å². The van der Waals surface area contributed by atoms with E-state index in [-0.39, 0.29) is 0 Å². The molecule has 0 spiro atoms. The first-order chi connectivity index (χ1) is 4.85. The topological polar surface area (TPSA) is 26.0 Å². The number of nitrogens with two attached hydrogens (primary N) is 1. The van der Waals surface area contributed by atoms with E-state index >= 15 is 0 Å². The van der Waals surface area contributed by atoms with Gasteiger partial charge in [-0.1, -0.05) is 34.6 Å². The average molecular weight is 155 g/mol. The van der Waals surface area contributed by atoms with Crippen LogP contribution >= 0.6 is 0 Å². The molecule has 0 saturated heterocycles. The molecule has 1 rings (SSSR count). The normalized spacial score (nSPS) is 30.0. The van der Waals surface area contributed by atoms with Crippen molar-refractivity contribution in [2.24, 2.45) is 28.4 Å². The Morgan fingerprint density at radius 2 is 1.55 bits per heavy atom. The quantitative estimate of drug-likeness (QED) is 0.650. The van der Waals surface area contributed by atoms with Crippen LogP contribution in [-0.2, 0) is 0 Å². The van der Waals surface area contributed by atoms with Crippen molar-refractivity contribution in [3.05, 3.63) is 0 Å². The van der Waals surface area contributed by atoms with Crippen molar-refractivity contribution in [3.63, 3.8) is 0 Å². The highest BCUT2D eigenvalue weighted by atomic mass is 14.7. The third-order valence-corrected chi connectivity index (χ3v) is 4.07. The molecule has 0 bridgehead atoms. The molecule has 1 atom stereocenters. The molecule has 0 aliphatic heterocycles. The zero-order chi connectivity index (χ0) is 8.86. The summed E-state index contributed by atoms with van der Waals surface area (Å²) in [6.07, 6.45) is 0. The van der Waals surface area contributed by atoms with Crippen LogP contribution in [0.2, 0.25) is 0 Å². The van der Waals surface area contributed by atoms with Gasteiger partial charge in [-0.15, -0.1) is 0 Å². The van der Waals surface area contributed by atoms with Crippen molar-refractivity contribution in [1.29, 1.82) is 0 Å². The minimum absolute atomic E-state index is 0.506. The first kappa shape index (κ1) is 9.05. The molecule has 0 heterocycles. The van der Waals surface area contributed by atoms with Crippen LogP contribution in [0.3, 0.4) is 0 Å². The Morgan fingerprint density at radius 1 is 1.18 bits per heavy atom. The zero-order valence-corrected chi connectivity index (χ0v) is 8.44. The molecule has 2 N–H and O–H groups in total. The summed E-state index contributed by atoms with van der Waals surface area (Å²) in [7, 11) is 0. The van der Waals surface area contributed by atoms with Gasteiger partial charge in [0.1, 0.15) is 0 Å². The summed E-state index contributed by atoms with van der Waals surface area (Å²) in [5.74, 6) is 1.50. The third kappa shape index (κ3) is 1.01. The summed E-state index contributed by atoms with van der Waals surface area (Å²) in [6, 6.07) is 0. The fourth-order valence-electron chi connectivity index (χ4n) is 2.81. The Bertz CT molecular complexity index is 144. The Hall–Kier alpha value is -0.0400. The van der Waals surface area contributed by atoms with Crippen LogP contribution < -0.4 is 5.73 Å². The molecule has 11 heavy (non-hydrogen) atoms. The summed E-state index contributed by atoms with van der Waals surface area (Å²) < 4.78 is 0. The maximum Gasteiger partial charge on any atom is -0.00484 e. The number of hydrogen-bond donors (Lipinski definition) is 1. The molecule has 1 aliphatic rings. The minimum atomic E-state index is 0.506. The first-order valence-electron chi connectivity index (χ1n) is 4.55. The van der Waals surface area contributed by atoms with Crippen LogP contribution in [0.15, 0.2) is 0 Å². The van der Waals surface area contributed by atoms with Gasteiger partial charge in [0, 0.05) is 0 Å². The molecule has 0 unspecified atom stereocenters. The highest BCUT2D eigenvalue weighted by molar-refractivity contribution is 5.13. The van der Waals surface area contributed by atoms with E-state index in [1.54, 1.807) is 0 Å². The van der Waals surface area contributed by atoms with Gasteiger partial charge in [0.15, 0.2) is 0 Å². The zero-order valence-electron chi connectivity index (χ0n) is 8.44. The number of hydrogen-bond acceptors (Lipinski definition) is 1. The van der Waals surface area contributed by atoms with Gasteiger partial charge in [-0.2, -0.15) is 0 Å². The van der Waals surface area contributed by atoms with Gasteiger partial charge in [-0.25, -0.2) is 0 Å². The third-order valence-electron chi connectivity index (χ3n) is 4.07. The summed E-state index contributed by atoms with van der Waals surface area (Å²) in [5.41, 5.74) is 6.67. The van der Waals surface area contributed by atoms with Crippen molar-refractivity contribution in [2.75, 3.05) is 6.54 Å². The van der Waals surface area contributed by atoms with Gasteiger partial charge in [-0.3, -0.25) is 0 Å². The van der Waals surface area contributed by atoms with Crippen LogP contribution in [0, 0.1) is 22.7 Å². The van der Waals surface area contributed by atoms with Gasteiger partial charge in [0.2, 0.25) is 0 Å². The minimum Gasteiger partial charge on any atom is -0.330 e. The molecule has 0 aromatic carbocycles. The van der Waals surface area contributed by atoms with E-state index in [0.29, 0.717) is 16.7 Å². The molecule has 0 aromatic rings. The van der Waals surface area contributed by atoms with Crippen LogP contribution in [-0.4, -0.2) is 6.54 Å². The monoisotopic (exact) mass is 155 g/mol. The Morgan fingerprint density at radius 3 is 1.64 bits per heavy atom. The molecule has 1 nitrogen and oxygen atoms in total. The van der Waals surface area contributed by atoms with Gasteiger partial charge < -0.3 is 5.73 Å². The van der Waals surface area contributed by atoms with Crippen LogP contribution in [0.25, 0.3) is 0 Å².